The van der Waals surface area contributed by atoms with Crippen LogP contribution in [-0.4, -0.2) is 39.2 Å². The molecule has 15 heavy (non-hydrogen) atoms. The molecule has 1 unspecified atom stereocenters. The molecule has 0 bridgehead atoms. The molecule has 1 aromatic heterocycles. The summed E-state index contributed by atoms with van der Waals surface area (Å²) in [6.07, 6.45) is 1.42. The Hall–Kier alpha value is -0.920. The van der Waals surface area contributed by atoms with Crippen molar-refractivity contribution in [3.8, 4) is 0 Å². The molecule has 0 aliphatic rings. The number of rotatable bonds is 4. The first-order valence-corrected chi connectivity index (χ1v) is 5.06. The van der Waals surface area contributed by atoms with Crippen LogP contribution in [0.15, 0.2) is 15.5 Å². The van der Waals surface area contributed by atoms with Crippen LogP contribution in [0, 0.1) is 0 Å². The third-order valence-corrected chi connectivity index (χ3v) is 2.58. The summed E-state index contributed by atoms with van der Waals surface area (Å²) >= 11 is 3.08. The van der Waals surface area contributed by atoms with E-state index in [0.29, 0.717) is 10.2 Å². The predicted octanol–water partition coefficient (Wildman–Crippen LogP) is -0.312. The molecule has 0 amide bonds. The Bertz CT molecular complexity index is 391. The van der Waals surface area contributed by atoms with E-state index in [-0.39, 0.29) is 18.7 Å². The average molecular weight is 278 g/mol. The van der Waals surface area contributed by atoms with E-state index in [9.17, 15) is 9.90 Å². The Labute approximate surface area is 94.5 Å². The molecule has 1 aromatic rings. The van der Waals surface area contributed by atoms with Crippen LogP contribution in [0.25, 0.3) is 0 Å². The number of aliphatic hydroxyl groups is 2. The van der Waals surface area contributed by atoms with Gasteiger partial charge in [-0.25, -0.2) is 5.10 Å². The lowest BCUT2D eigenvalue weighted by Crippen LogP contribution is -2.37. The van der Waals surface area contributed by atoms with Crippen LogP contribution in [0.1, 0.15) is 6.92 Å². The van der Waals surface area contributed by atoms with Crippen molar-refractivity contribution in [1.29, 1.82) is 0 Å². The molecule has 84 valence electrons. The highest BCUT2D eigenvalue weighted by Gasteiger charge is 2.19. The highest BCUT2D eigenvalue weighted by Crippen LogP contribution is 2.16. The van der Waals surface area contributed by atoms with Crippen molar-refractivity contribution < 1.29 is 10.2 Å². The molecular formula is C8H12BrN3O3. The van der Waals surface area contributed by atoms with Gasteiger partial charge in [-0.05, 0) is 22.9 Å². The van der Waals surface area contributed by atoms with Crippen LogP contribution in [0.4, 0.5) is 5.69 Å². The number of nitrogens with one attached hydrogen (secondary N) is 2. The van der Waals surface area contributed by atoms with E-state index in [0.717, 1.165) is 0 Å². The van der Waals surface area contributed by atoms with Gasteiger partial charge < -0.3 is 15.5 Å². The fourth-order valence-corrected chi connectivity index (χ4v) is 1.18. The second kappa shape index (κ2) is 4.73. The topological polar surface area (TPSA) is 98.2 Å². The molecule has 0 aromatic carbocycles. The minimum atomic E-state index is -1.23. The minimum absolute atomic E-state index is 0.118. The van der Waals surface area contributed by atoms with E-state index >= 15 is 0 Å². The Morgan fingerprint density at radius 1 is 1.73 bits per heavy atom. The van der Waals surface area contributed by atoms with Crippen molar-refractivity contribution in [3.05, 3.63) is 21.0 Å². The first-order valence-electron chi connectivity index (χ1n) is 4.26. The number of aromatic amines is 1. The van der Waals surface area contributed by atoms with E-state index in [1.807, 2.05) is 0 Å². The fourth-order valence-electron chi connectivity index (χ4n) is 0.848. The molecule has 1 rings (SSSR count). The van der Waals surface area contributed by atoms with Gasteiger partial charge in [0.15, 0.2) is 0 Å². The van der Waals surface area contributed by atoms with Gasteiger partial charge in [0, 0.05) is 6.54 Å². The number of halogens is 1. The van der Waals surface area contributed by atoms with Crippen LogP contribution in [-0.2, 0) is 0 Å². The van der Waals surface area contributed by atoms with Crippen LogP contribution in [0.5, 0.6) is 0 Å². The lowest BCUT2D eigenvalue weighted by atomic mass is 10.1. The van der Waals surface area contributed by atoms with Crippen molar-refractivity contribution in [3.63, 3.8) is 0 Å². The summed E-state index contributed by atoms with van der Waals surface area (Å²) in [4.78, 5) is 11.1. The lowest BCUT2D eigenvalue weighted by molar-refractivity contribution is 0.0132. The van der Waals surface area contributed by atoms with E-state index in [4.69, 9.17) is 5.11 Å². The molecule has 1 heterocycles. The highest BCUT2D eigenvalue weighted by atomic mass is 79.9. The largest absolute Gasteiger partial charge is 0.393 e. The van der Waals surface area contributed by atoms with E-state index in [1.54, 1.807) is 0 Å². The number of anilines is 1. The summed E-state index contributed by atoms with van der Waals surface area (Å²) < 4.78 is 0.311. The monoisotopic (exact) mass is 277 g/mol. The van der Waals surface area contributed by atoms with E-state index < -0.39 is 5.60 Å². The third-order valence-electron chi connectivity index (χ3n) is 1.80. The summed E-state index contributed by atoms with van der Waals surface area (Å²) in [6.45, 7) is 1.23. The number of hydrogen-bond acceptors (Lipinski definition) is 5. The first kappa shape index (κ1) is 12.2. The normalized spacial score (nSPS) is 14.7. The quantitative estimate of drug-likeness (QED) is 0.605. The van der Waals surface area contributed by atoms with Gasteiger partial charge in [-0.15, -0.1) is 0 Å². The van der Waals surface area contributed by atoms with Gasteiger partial charge in [0.2, 0.25) is 0 Å². The van der Waals surface area contributed by atoms with E-state index in [1.165, 1.54) is 13.1 Å². The maximum atomic E-state index is 11.1. The zero-order valence-electron chi connectivity index (χ0n) is 8.12. The molecule has 4 N–H and O–H groups in total. The smallest absolute Gasteiger partial charge is 0.280 e. The molecule has 0 aliphatic carbocycles. The van der Waals surface area contributed by atoms with Crippen LogP contribution in [0.3, 0.4) is 0 Å². The molecule has 0 aliphatic heterocycles. The zero-order valence-corrected chi connectivity index (χ0v) is 9.71. The second-order valence-corrected chi connectivity index (χ2v) is 4.23. The molecule has 0 radical (unpaired) electrons. The number of aliphatic hydroxyl groups excluding tert-OH is 1. The van der Waals surface area contributed by atoms with Crippen molar-refractivity contribution in [2.45, 2.75) is 12.5 Å². The van der Waals surface area contributed by atoms with Gasteiger partial charge in [-0.2, -0.15) is 5.10 Å². The summed E-state index contributed by atoms with van der Waals surface area (Å²) in [7, 11) is 0. The maximum Gasteiger partial charge on any atom is 0.280 e. The number of nitrogens with zero attached hydrogens (tertiary/aromatic N) is 1. The second-order valence-electron chi connectivity index (χ2n) is 3.44. The Balaban J connectivity index is 2.74. The van der Waals surface area contributed by atoms with Crippen molar-refractivity contribution in [1.82, 2.24) is 10.2 Å². The number of H-pyrrole nitrogens is 1. The molecule has 0 fully saturated rings. The number of aromatic nitrogens is 2. The molecule has 6 nitrogen and oxygen atoms in total. The zero-order chi connectivity index (χ0) is 11.5. The summed E-state index contributed by atoms with van der Waals surface area (Å²) in [5.41, 5.74) is -1.13. The molecule has 0 spiro atoms. The minimum Gasteiger partial charge on any atom is -0.393 e. The molecule has 1 atom stereocenters. The van der Waals surface area contributed by atoms with Crippen LogP contribution in [0.2, 0.25) is 0 Å². The van der Waals surface area contributed by atoms with Crippen LogP contribution >= 0.6 is 15.9 Å². The van der Waals surface area contributed by atoms with Gasteiger partial charge in [0.25, 0.3) is 5.56 Å². The predicted molar refractivity (Wildman–Crippen MR) is 58.8 cm³/mol. The maximum absolute atomic E-state index is 11.1. The van der Waals surface area contributed by atoms with Gasteiger partial charge in [0.05, 0.1) is 18.5 Å². The van der Waals surface area contributed by atoms with Crippen molar-refractivity contribution in [2.75, 3.05) is 18.5 Å². The molecule has 0 saturated heterocycles. The van der Waals surface area contributed by atoms with Crippen molar-refractivity contribution >= 4 is 21.6 Å². The Morgan fingerprint density at radius 3 is 3.00 bits per heavy atom. The van der Waals surface area contributed by atoms with Gasteiger partial charge in [-0.3, -0.25) is 4.79 Å². The van der Waals surface area contributed by atoms with Crippen molar-refractivity contribution in [2.24, 2.45) is 0 Å². The Morgan fingerprint density at radius 2 is 2.40 bits per heavy atom. The average Bonchev–Trinajstić information content (AvgIpc) is 2.20. The summed E-state index contributed by atoms with van der Waals surface area (Å²) in [5.74, 6) is 0. The fraction of sp³-hybridized carbons (Fsp3) is 0.500. The van der Waals surface area contributed by atoms with Gasteiger partial charge in [-0.1, -0.05) is 0 Å². The van der Waals surface area contributed by atoms with E-state index in [2.05, 4.69) is 31.4 Å². The summed E-state index contributed by atoms with van der Waals surface area (Å²) in [6, 6.07) is 0. The highest BCUT2D eigenvalue weighted by molar-refractivity contribution is 9.10. The molecule has 7 heteroatoms. The summed E-state index contributed by atoms with van der Waals surface area (Å²) in [5, 5.41) is 27.0. The third kappa shape index (κ3) is 3.29. The standard InChI is InChI=1S/C8H12BrN3O3/c1-8(15,4-13)3-10-5-2-11-12-7(14)6(5)9/h2,13,15H,3-4H2,1H3,(H2,10,12,14). The number of hydrogen-bond donors (Lipinski definition) is 4. The van der Waals surface area contributed by atoms with Crippen LogP contribution < -0.4 is 10.9 Å². The van der Waals surface area contributed by atoms with Gasteiger partial charge >= 0.3 is 0 Å². The molecular weight excluding hydrogens is 266 g/mol. The molecule has 0 saturated carbocycles. The SMILES string of the molecule is CC(O)(CO)CNc1cn[nH]c(=O)c1Br. The van der Waals surface area contributed by atoms with Gasteiger partial charge in [0.1, 0.15) is 10.1 Å². The first-order chi connectivity index (χ1) is 6.96. The Kier molecular flexibility index (Phi) is 3.83. The lowest BCUT2D eigenvalue weighted by Gasteiger charge is -2.21.